The number of hydrogen-bond donors (Lipinski definition) is 2. The Labute approximate surface area is 82.5 Å². The Hall–Kier alpha value is -1.09. The lowest BCUT2D eigenvalue weighted by molar-refractivity contribution is 0.430. The molecule has 1 saturated carbocycles. The van der Waals surface area contributed by atoms with E-state index in [9.17, 15) is 4.39 Å². The van der Waals surface area contributed by atoms with Gasteiger partial charge in [-0.25, -0.2) is 4.39 Å². The highest BCUT2D eigenvalue weighted by Crippen LogP contribution is 2.37. The van der Waals surface area contributed by atoms with Crippen LogP contribution in [0.2, 0.25) is 0 Å². The van der Waals surface area contributed by atoms with E-state index in [1.807, 2.05) is 0 Å². The molecule has 1 fully saturated rings. The third-order valence-electron chi connectivity index (χ3n) is 2.68. The van der Waals surface area contributed by atoms with Gasteiger partial charge in [0.05, 0.1) is 0 Å². The second-order valence-electron chi connectivity index (χ2n) is 4.00. The summed E-state index contributed by atoms with van der Waals surface area (Å²) in [5, 5.41) is 9.17. The molecule has 0 spiro atoms. The summed E-state index contributed by atoms with van der Waals surface area (Å²) in [6.45, 7) is 0. The van der Waals surface area contributed by atoms with Gasteiger partial charge in [-0.3, -0.25) is 0 Å². The fourth-order valence-corrected chi connectivity index (χ4v) is 1.61. The topological polar surface area (TPSA) is 46.2 Å². The predicted octanol–water partition coefficient (Wildman–Crippen LogP) is 2.33. The summed E-state index contributed by atoms with van der Waals surface area (Å²) in [6, 6.07) is 4.25. The molecular weight excluding hydrogens is 181 g/mol. The van der Waals surface area contributed by atoms with Gasteiger partial charge >= 0.3 is 0 Å². The van der Waals surface area contributed by atoms with Crippen LogP contribution in [0.3, 0.4) is 0 Å². The fourth-order valence-electron chi connectivity index (χ4n) is 1.61. The quantitative estimate of drug-likeness (QED) is 0.777. The van der Waals surface area contributed by atoms with Crippen molar-refractivity contribution < 1.29 is 9.50 Å². The minimum atomic E-state index is -0.590. The first-order chi connectivity index (χ1) is 6.66. The zero-order valence-electron chi connectivity index (χ0n) is 7.91. The van der Waals surface area contributed by atoms with Gasteiger partial charge in [-0.15, -0.1) is 0 Å². The largest absolute Gasteiger partial charge is 0.505 e. The van der Waals surface area contributed by atoms with E-state index in [1.165, 1.54) is 25.0 Å². The summed E-state index contributed by atoms with van der Waals surface area (Å²) in [5.41, 5.74) is 6.74. The van der Waals surface area contributed by atoms with Gasteiger partial charge in [0.2, 0.25) is 0 Å². The predicted molar refractivity (Wildman–Crippen MR) is 52.3 cm³/mol. The second-order valence-corrected chi connectivity index (χ2v) is 4.00. The Morgan fingerprint density at radius 1 is 1.50 bits per heavy atom. The zero-order valence-corrected chi connectivity index (χ0v) is 7.91. The molecule has 1 aliphatic rings. The van der Waals surface area contributed by atoms with Crippen LogP contribution in [-0.2, 0) is 0 Å². The number of phenols is 1. The number of hydrogen-bond acceptors (Lipinski definition) is 2. The maximum Gasteiger partial charge on any atom is 0.164 e. The summed E-state index contributed by atoms with van der Waals surface area (Å²) in [4.78, 5) is 0. The monoisotopic (exact) mass is 195 g/mol. The zero-order chi connectivity index (χ0) is 10.1. The van der Waals surface area contributed by atoms with Crippen LogP contribution in [0, 0.1) is 11.7 Å². The van der Waals surface area contributed by atoms with Crippen LogP contribution in [0.4, 0.5) is 4.39 Å². The van der Waals surface area contributed by atoms with Crippen LogP contribution in [0.25, 0.3) is 0 Å². The molecule has 0 aromatic heterocycles. The summed E-state index contributed by atoms with van der Waals surface area (Å²) in [7, 11) is 0. The Morgan fingerprint density at radius 2 is 2.21 bits per heavy atom. The third-order valence-corrected chi connectivity index (χ3v) is 2.68. The number of phenolic OH excluding ortho intramolecular Hbond substituents is 1. The molecule has 0 aliphatic heterocycles. The highest BCUT2D eigenvalue weighted by Gasteiger charge is 2.24. The van der Waals surface area contributed by atoms with Crippen molar-refractivity contribution in [2.75, 3.05) is 0 Å². The first-order valence-corrected chi connectivity index (χ1v) is 4.91. The van der Waals surface area contributed by atoms with Crippen molar-refractivity contribution in [3.63, 3.8) is 0 Å². The fraction of sp³-hybridized carbons (Fsp3) is 0.455. The van der Waals surface area contributed by atoms with Gasteiger partial charge in [0, 0.05) is 6.04 Å². The highest BCUT2D eigenvalue weighted by molar-refractivity contribution is 5.30. The lowest BCUT2D eigenvalue weighted by Gasteiger charge is -2.11. The van der Waals surface area contributed by atoms with Gasteiger partial charge in [-0.1, -0.05) is 18.9 Å². The molecule has 1 aromatic rings. The Balaban J connectivity index is 2.10. The van der Waals surface area contributed by atoms with E-state index in [2.05, 4.69) is 0 Å². The van der Waals surface area contributed by atoms with Gasteiger partial charge in [0.1, 0.15) is 0 Å². The summed E-state index contributed by atoms with van der Waals surface area (Å²) < 4.78 is 12.7. The van der Waals surface area contributed by atoms with Crippen molar-refractivity contribution in [2.45, 2.75) is 25.3 Å². The summed E-state index contributed by atoms with van der Waals surface area (Å²) in [6.07, 6.45) is 3.44. The van der Waals surface area contributed by atoms with E-state index >= 15 is 0 Å². The average molecular weight is 195 g/mol. The third kappa shape index (κ3) is 2.04. The molecule has 1 aromatic carbocycles. The molecule has 2 rings (SSSR count). The Bertz CT molecular complexity index is 336. The van der Waals surface area contributed by atoms with Crippen molar-refractivity contribution in [1.82, 2.24) is 0 Å². The molecule has 0 radical (unpaired) electrons. The van der Waals surface area contributed by atoms with Crippen molar-refractivity contribution in [3.8, 4) is 5.75 Å². The smallest absolute Gasteiger partial charge is 0.164 e. The molecule has 76 valence electrons. The van der Waals surface area contributed by atoms with E-state index < -0.39 is 5.82 Å². The van der Waals surface area contributed by atoms with Crippen LogP contribution in [0.1, 0.15) is 30.9 Å². The van der Waals surface area contributed by atoms with E-state index in [0.29, 0.717) is 0 Å². The normalized spacial score (nSPS) is 18.1. The lowest BCUT2D eigenvalue weighted by atomic mass is 10.0. The van der Waals surface area contributed by atoms with Crippen LogP contribution < -0.4 is 5.73 Å². The average Bonchev–Trinajstić information content (AvgIpc) is 2.93. The van der Waals surface area contributed by atoms with Crippen LogP contribution >= 0.6 is 0 Å². The molecular formula is C11H14FNO. The van der Waals surface area contributed by atoms with Crippen molar-refractivity contribution in [2.24, 2.45) is 11.7 Å². The highest BCUT2D eigenvalue weighted by atomic mass is 19.1. The van der Waals surface area contributed by atoms with E-state index in [1.54, 1.807) is 6.07 Å². The van der Waals surface area contributed by atoms with Gasteiger partial charge in [0.15, 0.2) is 11.6 Å². The molecule has 0 bridgehead atoms. The van der Waals surface area contributed by atoms with E-state index in [4.69, 9.17) is 10.8 Å². The van der Waals surface area contributed by atoms with Crippen molar-refractivity contribution in [3.05, 3.63) is 29.6 Å². The van der Waals surface area contributed by atoms with Gasteiger partial charge in [-0.2, -0.15) is 0 Å². The van der Waals surface area contributed by atoms with Crippen LogP contribution in [0.5, 0.6) is 5.75 Å². The minimum absolute atomic E-state index is 0.0750. The first-order valence-electron chi connectivity index (χ1n) is 4.91. The molecule has 2 nitrogen and oxygen atoms in total. The molecule has 3 N–H and O–H groups in total. The Morgan fingerprint density at radius 3 is 2.79 bits per heavy atom. The number of halogens is 1. The molecule has 1 atom stereocenters. The van der Waals surface area contributed by atoms with Crippen molar-refractivity contribution in [1.29, 1.82) is 0 Å². The second kappa shape index (κ2) is 3.58. The number of benzene rings is 1. The van der Waals surface area contributed by atoms with Crippen LogP contribution in [0.15, 0.2) is 18.2 Å². The number of aromatic hydroxyl groups is 1. The molecule has 1 aliphatic carbocycles. The molecule has 3 heteroatoms. The molecule has 0 saturated heterocycles. The van der Waals surface area contributed by atoms with Crippen LogP contribution in [-0.4, -0.2) is 5.11 Å². The van der Waals surface area contributed by atoms with Gasteiger partial charge in [0.25, 0.3) is 0 Å². The van der Waals surface area contributed by atoms with E-state index in [-0.39, 0.29) is 11.8 Å². The first kappa shape index (κ1) is 9.46. The van der Waals surface area contributed by atoms with E-state index in [0.717, 1.165) is 17.9 Å². The molecule has 0 heterocycles. The number of nitrogens with two attached hydrogens (primary N) is 1. The molecule has 0 unspecified atom stereocenters. The standard InChI is InChI=1S/C11H14FNO/c12-9-4-3-8(6-11(9)14)10(13)5-7-1-2-7/h3-4,6-7,10,14H,1-2,5,13H2/t10-/m1/s1. The molecule has 14 heavy (non-hydrogen) atoms. The SMILES string of the molecule is N[C@H](CC1CC1)c1ccc(F)c(O)c1. The van der Waals surface area contributed by atoms with Gasteiger partial charge < -0.3 is 10.8 Å². The van der Waals surface area contributed by atoms with Gasteiger partial charge in [-0.05, 0) is 30.0 Å². The molecule has 0 amide bonds. The summed E-state index contributed by atoms with van der Waals surface area (Å²) >= 11 is 0. The minimum Gasteiger partial charge on any atom is -0.505 e. The maximum absolute atomic E-state index is 12.7. The summed E-state index contributed by atoms with van der Waals surface area (Å²) in [5.74, 6) is -0.168. The van der Waals surface area contributed by atoms with Crippen molar-refractivity contribution >= 4 is 0 Å². The Kier molecular flexibility index (Phi) is 2.42. The number of rotatable bonds is 3. The maximum atomic E-state index is 12.7. The lowest BCUT2D eigenvalue weighted by Crippen LogP contribution is -2.10.